The Morgan fingerprint density at radius 1 is 1.86 bits per heavy atom. The van der Waals surface area contributed by atoms with Crippen molar-refractivity contribution >= 4 is 11.9 Å². The van der Waals surface area contributed by atoms with Crippen LogP contribution in [0.1, 0.15) is 0 Å². The number of rotatable bonds is 1. The van der Waals surface area contributed by atoms with Gasteiger partial charge in [0, 0.05) is 6.54 Å². The van der Waals surface area contributed by atoms with E-state index in [9.17, 15) is 0 Å². The molecule has 4 heteroatoms. The quantitative estimate of drug-likeness (QED) is 0.284. The summed E-state index contributed by atoms with van der Waals surface area (Å²) in [6, 6.07) is 0. The van der Waals surface area contributed by atoms with E-state index in [4.69, 9.17) is 5.84 Å². The highest BCUT2D eigenvalue weighted by atomic mass is 32.2. The molecule has 40 valence electrons. The highest BCUT2D eigenvalue weighted by molar-refractivity contribution is 8.00. The van der Waals surface area contributed by atoms with Gasteiger partial charge in [-0.3, -0.25) is 5.84 Å². The van der Waals surface area contributed by atoms with Crippen LogP contribution in [0, 0.1) is 0 Å². The van der Waals surface area contributed by atoms with Gasteiger partial charge >= 0.3 is 0 Å². The topological polar surface area (TPSA) is 41.3 Å². The molecule has 1 aliphatic rings. The third-order valence-electron chi connectivity index (χ3n) is 0.700. The van der Waals surface area contributed by atoms with Gasteiger partial charge in [-0.25, -0.2) is 0 Å². The lowest BCUT2D eigenvalue weighted by Gasteiger charge is -2.08. The molecule has 3 N–H and O–H groups in total. The van der Waals surface area contributed by atoms with Gasteiger partial charge in [0.2, 0.25) is 0 Å². The van der Waals surface area contributed by atoms with Crippen LogP contribution in [0.5, 0.6) is 0 Å². The fourth-order valence-corrected chi connectivity index (χ4v) is 0.933. The average molecular weight is 117 g/mol. The van der Waals surface area contributed by atoms with Gasteiger partial charge in [-0.15, -0.1) is 0 Å². The third-order valence-corrected chi connectivity index (χ3v) is 1.52. The summed E-state index contributed by atoms with van der Waals surface area (Å²) in [5.41, 5.74) is 2.50. The summed E-state index contributed by atoms with van der Waals surface area (Å²) < 4.78 is 1.82. The SMILES string of the molecule is NNN1CC=CS1. The van der Waals surface area contributed by atoms with Gasteiger partial charge < -0.3 is 0 Å². The zero-order valence-corrected chi connectivity index (χ0v) is 4.61. The van der Waals surface area contributed by atoms with Crippen molar-refractivity contribution in [1.82, 2.24) is 9.95 Å². The second-order valence-electron chi connectivity index (χ2n) is 1.17. The minimum absolute atomic E-state index is 0.890. The van der Waals surface area contributed by atoms with E-state index in [1.165, 1.54) is 0 Å². The summed E-state index contributed by atoms with van der Waals surface area (Å²) in [4.78, 5) is 0. The van der Waals surface area contributed by atoms with E-state index in [2.05, 4.69) is 5.53 Å². The predicted molar refractivity (Wildman–Crippen MR) is 30.8 cm³/mol. The Hall–Kier alpha value is -0.0300. The second-order valence-corrected chi connectivity index (χ2v) is 2.09. The molecule has 0 saturated carbocycles. The van der Waals surface area contributed by atoms with Crippen LogP contribution >= 0.6 is 11.9 Å². The minimum atomic E-state index is 0.890. The summed E-state index contributed by atoms with van der Waals surface area (Å²) in [5.74, 6) is 5.05. The summed E-state index contributed by atoms with van der Waals surface area (Å²) in [6.07, 6.45) is 2.03. The lowest BCUT2D eigenvalue weighted by Crippen LogP contribution is -2.35. The first kappa shape index (κ1) is 5.11. The van der Waals surface area contributed by atoms with E-state index in [-0.39, 0.29) is 0 Å². The highest BCUT2D eigenvalue weighted by Crippen LogP contribution is 2.12. The van der Waals surface area contributed by atoms with E-state index in [1.807, 2.05) is 15.9 Å². The van der Waals surface area contributed by atoms with Gasteiger partial charge in [-0.05, 0) is 17.4 Å². The first-order valence-corrected chi connectivity index (χ1v) is 2.82. The first-order chi connectivity index (χ1) is 3.43. The molecule has 7 heavy (non-hydrogen) atoms. The molecule has 0 radical (unpaired) electrons. The van der Waals surface area contributed by atoms with Crippen molar-refractivity contribution in [2.24, 2.45) is 5.84 Å². The average Bonchev–Trinajstić information content (AvgIpc) is 2.14. The van der Waals surface area contributed by atoms with Gasteiger partial charge in [-0.2, -0.15) is 9.95 Å². The highest BCUT2D eigenvalue weighted by Gasteiger charge is 2.01. The molecule has 0 aliphatic carbocycles. The third kappa shape index (κ3) is 1.17. The largest absolute Gasteiger partial charge is 0.257 e. The lowest BCUT2D eigenvalue weighted by molar-refractivity contribution is 0.400. The van der Waals surface area contributed by atoms with Crippen molar-refractivity contribution in [1.29, 1.82) is 0 Å². The standard InChI is InChI=1S/C3H7N3S/c4-5-6-2-1-3-7-6/h1,3,5H,2,4H2. The van der Waals surface area contributed by atoms with Crippen LogP contribution in [0.4, 0.5) is 0 Å². The Bertz CT molecular complexity index is 74.2. The summed E-state index contributed by atoms with van der Waals surface area (Å²) in [7, 11) is 0. The number of nitrogens with two attached hydrogens (primary N) is 1. The summed E-state index contributed by atoms with van der Waals surface area (Å²) in [6.45, 7) is 0.890. The zero-order valence-electron chi connectivity index (χ0n) is 3.79. The van der Waals surface area contributed by atoms with Crippen LogP contribution in [-0.2, 0) is 0 Å². The molecule has 0 unspecified atom stereocenters. The molecule has 0 atom stereocenters. The van der Waals surface area contributed by atoms with Crippen molar-refractivity contribution in [3.05, 3.63) is 11.5 Å². The predicted octanol–water partition coefficient (Wildman–Crippen LogP) is -0.158. The fourth-order valence-electron chi connectivity index (χ4n) is 0.381. The molecule has 3 nitrogen and oxygen atoms in total. The smallest absolute Gasteiger partial charge is 0.0451 e. The zero-order chi connectivity index (χ0) is 5.11. The maximum absolute atomic E-state index is 5.05. The van der Waals surface area contributed by atoms with E-state index >= 15 is 0 Å². The summed E-state index contributed by atoms with van der Waals surface area (Å²) >= 11 is 1.56. The molecule has 1 aliphatic heterocycles. The molecule has 1 heterocycles. The summed E-state index contributed by atoms with van der Waals surface area (Å²) in [5, 5.41) is 1.99. The Kier molecular flexibility index (Phi) is 1.70. The van der Waals surface area contributed by atoms with E-state index in [0.29, 0.717) is 0 Å². The van der Waals surface area contributed by atoms with Gasteiger partial charge in [0.1, 0.15) is 0 Å². The lowest BCUT2D eigenvalue weighted by atomic mass is 10.7. The van der Waals surface area contributed by atoms with Crippen molar-refractivity contribution < 1.29 is 0 Å². The first-order valence-electron chi connectivity index (χ1n) is 1.99. The number of nitrogens with zero attached hydrogens (tertiary/aromatic N) is 1. The number of hydrogen-bond donors (Lipinski definition) is 2. The second kappa shape index (κ2) is 2.32. The van der Waals surface area contributed by atoms with Crippen LogP contribution in [0.25, 0.3) is 0 Å². The number of hydrazine groups is 2. The van der Waals surface area contributed by atoms with E-state index in [1.54, 1.807) is 11.9 Å². The van der Waals surface area contributed by atoms with Crippen LogP contribution in [-0.4, -0.2) is 11.0 Å². The number of nitrogens with one attached hydrogen (secondary N) is 1. The Morgan fingerprint density at radius 2 is 2.71 bits per heavy atom. The molecule has 0 aromatic heterocycles. The van der Waals surface area contributed by atoms with Gasteiger partial charge in [0.05, 0.1) is 0 Å². The Labute approximate surface area is 46.6 Å². The van der Waals surface area contributed by atoms with Crippen molar-refractivity contribution in [3.8, 4) is 0 Å². The maximum Gasteiger partial charge on any atom is 0.0451 e. The maximum atomic E-state index is 5.05. The van der Waals surface area contributed by atoms with Crippen molar-refractivity contribution in [3.63, 3.8) is 0 Å². The molecule has 1 rings (SSSR count). The van der Waals surface area contributed by atoms with Crippen LogP contribution in [0.3, 0.4) is 0 Å². The van der Waals surface area contributed by atoms with E-state index < -0.39 is 0 Å². The van der Waals surface area contributed by atoms with E-state index in [0.717, 1.165) is 6.54 Å². The molecule has 0 amide bonds. The van der Waals surface area contributed by atoms with Crippen LogP contribution < -0.4 is 11.4 Å². The van der Waals surface area contributed by atoms with Crippen molar-refractivity contribution in [2.75, 3.05) is 6.54 Å². The molecule has 0 spiro atoms. The van der Waals surface area contributed by atoms with Crippen molar-refractivity contribution in [2.45, 2.75) is 0 Å². The van der Waals surface area contributed by atoms with Gasteiger partial charge in [0.15, 0.2) is 0 Å². The molecular formula is C3H7N3S. The normalized spacial score (nSPS) is 21.3. The molecule has 0 saturated heterocycles. The van der Waals surface area contributed by atoms with Gasteiger partial charge in [0.25, 0.3) is 0 Å². The van der Waals surface area contributed by atoms with Crippen LogP contribution in [0.2, 0.25) is 0 Å². The minimum Gasteiger partial charge on any atom is -0.257 e. The monoisotopic (exact) mass is 117 g/mol. The van der Waals surface area contributed by atoms with Crippen LogP contribution in [0.15, 0.2) is 11.5 Å². The molecule has 0 aromatic rings. The number of hydrogen-bond acceptors (Lipinski definition) is 4. The molecule has 0 fully saturated rings. The Balaban J connectivity index is 2.22. The molecule has 0 aromatic carbocycles. The van der Waals surface area contributed by atoms with Gasteiger partial charge in [-0.1, -0.05) is 6.08 Å². The molecular weight excluding hydrogens is 110 g/mol. The molecule has 0 bridgehead atoms. The fraction of sp³-hybridized carbons (Fsp3) is 0.333. The Morgan fingerprint density at radius 3 is 3.00 bits per heavy atom.